The molecular formula is C11H11ClO2. The first-order valence-corrected chi connectivity index (χ1v) is 4.88. The molecule has 0 aliphatic rings. The van der Waals surface area contributed by atoms with Crippen LogP contribution in [0.2, 0.25) is 5.02 Å². The topological polar surface area (TPSA) is 22.4 Å². The van der Waals surface area contributed by atoms with Crippen LogP contribution in [0.3, 0.4) is 0 Å². The number of furan rings is 1. The Morgan fingerprint density at radius 2 is 2.14 bits per heavy atom. The van der Waals surface area contributed by atoms with E-state index in [0.29, 0.717) is 10.8 Å². The molecule has 0 aliphatic carbocycles. The first-order chi connectivity index (χ1) is 6.74. The molecule has 0 N–H and O–H groups in total. The number of fused-ring (bicyclic) bond motifs is 1. The lowest BCUT2D eigenvalue weighted by Crippen LogP contribution is -1.82. The summed E-state index contributed by atoms with van der Waals surface area (Å²) in [4.78, 5) is 0. The fourth-order valence-corrected chi connectivity index (χ4v) is 1.68. The Labute approximate surface area is 87.4 Å². The van der Waals surface area contributed by atoms with Crippen molar-refractivity contribution in [2.45, 2.75) is 13.3 Å². The largest absolute Gasteiger partial charge is 0.495 e. The van der Waals surface area contributed by atoms with Crippen molar-refractivity contribution in [1.29, 1.82) is 0 Å². The molecule has 0 saturated carbocycles. The van der Waals surface area contributed by atoms with Crippen LogP contribution in [0.15, 0.2) is 22.6 Å². The second-order valence-corrected chi connectivity index (χ2v) is 3.50. The van der Waals surface area contributed by atoms with E-state index in [-0.39, 0.29) is 0 Å². The fraction of sp³-hybridized carbons (Fsp3) is 0.273. The Morgan fingerprint density at radius 1 is 1.36 bits per heavy atom. The summed E-state index contributed by atoms with van der Waals surface area (Å²) >= 11 is 5.99. The number of hydrogen-bond acceptors (Lipinski definition) is 2. The third-order valence-electron chi connectivity index (χ3n) is 2.19. The van der Waals surface area contributed by atoms with Gasteiger partial charge in [-0.2, -0.15) is 0 Å². The molecule has 1 heterocycles. The number of halogens is 1. The van der Waals surface area contributed by atoms with Gasteiger partial charge in [0, 0.05) is 17.9 Å². The molecule has 1 aromatic heterocycles. The molecule has 0 amide bonds. The molecule has 2 rings (SSSR count). The Balaban J connectivity index is 2.64. The van der Waals surface area contributed by atoms with Crippen molar-refractivity contribution in [1.82, 2.24) is 0 Å². The lowest BCUT2D eigenvalue weighted by atomic mass is 10.2. The third-order valence-corrected chi connectivity index (χ3v) is 2.49. The quantitative estimate of drug-likeness (QED) is 0.755. The highest BCUT2D eigenvalue weighted by molar-refractivity contribution is 6.32. The molecule has 0 aliphatic heterocycles. The molecule has 2 aromatic rings. The zero-order valence-electron chi connectivity index (χ0n) is 8.13. The highest BCUT2D eigenvalue weighted by Gasteiger charge is 2.07. The molecule has 14 heavy (non-hydrogen) atoms. The van der Waals surface area contributed by atoms with Crippen LogP contribution in [-0.4, -0.2) is 7.11 Å². The molecular weight excluding hydrogens is 200 g/mol. The van der Waals surface area contributed by atoms with Gasteiger partial charge in [-0.3, -0.25) is 0 Å². The molecule has 0 saturated heterocycles. The third kappa shape index (κ3) is 1.46. The maximum absolute atomic E-state index is 5.99. The van der Waals surface area contributed by atoms with Gasteiger partial charge in [0.2, 0.25) is 0 Å². The van der Waals surface area contributed by atoms with Crippen molar-refractivity contribution >= 4 is 22.6 Å². The van der Waals surface area contributed by atoms with E-state index in [1.54, 1.807) is 7.11 Å². The van der Waals surface area contributed by atoms with Gasteiger partial charge in [0.15, 0.2) is 0 Å². The number of ether oxygens (including phenoxy) is 1. The van der Waals surface area contributed by atoms with Gasteiger partial charge in [-0.15, -0.1) is 0 Å². The SMILES string of the molecule is CCc1cc2cc(Cl)c(OC)cc2o1. The van der Waals surface area contributed by atoms with Crippen molar-refractivity contribution in [2.75, 3.05) is 7.11 Å². The normalized spacial score (nSPS) is 10.8. The minimum Gasteiger partial charge on any atom is -0.495 e. The molecule has 0 bridgehead atoms. The van der Waals surface area contributed by atoms with Crippen LogP contribution in [0.25, 0.3) is 11.0 Å². The summed E-state index contributed by atoms with van der Waals surface area (Å²) in [7, 11) is 1.59. The zero-order chi connectivity index (χ0) is 10.1. The minimum absolute atomic E-state index is 0.614. The van der Waals surface area contributed by atoms with Crippen LogP contribution >= 0.6 is 11.6 Å². The summed E-state index contributed by atoms with van der Waals surface area (Å²) in [5.74, 6) is 1.61. The van der Waals surface area contributed by atoms with Gasteiger partial charge >= 0.3 is 0 Å². The number of benzene rings is 1. The summed E-state index contributed by atoms with van der Waals surface area (Å²) in [5.41, 5.74) is 0.822. The average Bonchev–Trinajstić information content (AvgIpc) is 2.58. The van der Waals surface area contributed by atoms with Crippen LogP contribution in [0.5, 0.6) is 5.75 Å². The van der Waals surface area contributed by atoms with E-state index in [1.165, 1.54) is 0 Å². The molecule has 0 spiro atoms. The van der Waals surface area contributed by atoms with Gasteiger partial charge in [-0.05, 0) is 12.1 Å². The maximum atomic E-state index is 5.99. The highest BCUT2D eigenvalue weighted by Crippen LogP contribution is 2.31. The van der Waals surface area contributed by atoms with Crippen molar-refractivity contribution in [3.63, 3.8) is 0 Å². The van der Waals surface area contributed by atoms with E-state index in [4.69, 9.17) is 20.8 Å². The van der Waals surface area contributed by atoms with Crippen LogP contribution in [0, 0.1) is 0 Å². The first kappa shape index (κ1) is 9.41. The van der Waals surface area contributed by atoms with Gasteiger partial charge < -0.3 is 9.15 Å². The predicted octanol–water partition coefficient (Wildman–Crippen LogP) is 3.66. The van der Waals surface area contributed by atoms with Crippen molar-refractivity contribution in [3.8, 4) is 5.75 Å². The second-order valence-electron chi connectivity index (χ2n) is 3.09. The number of hydrogen-bond donors (Lipinski definition) is 0. The average molecular weight is 211 g/mol. The Kier molecular flexibility index (Phi) is 2.38. The van der Waals surface area contributed by atoms with Gasteiger partial charge in [0.1, 0.15) is 17.1 Å². The predicted molar refractivity (Wildman–Crippen MR) is 57.2 cm³/mol. The minimum atomic E-state index is 0.614. The van der Waals surface area contributed by atoms with E-state index in [0.717, 1.165) is 23.2 Å². The van der Waals surface area contributed by atoms with Crippen LogP contribution < -0.4 is 4.74 Å². The van der Waals surface area contributed by atoms with Crippen LogP contribution in [-0.2, 0) is 6.42 Å². The molecule has 0 fully saturated rings. The zero-order valence-corrected chi connectivity index (χ0v) is 8.89. The molecule has 2 nitrogen and oxygen atoms in total. The lowest BCUT2D eigenvalue weighted by molar-refractivity contribution is 0.414. The molecule has 0 atom stereocenters. The molecule has 1 aromatic carbocycles. The summed E-state index contributed by atoms with van der Waals surface area (Å²) in [6, 6.07) is 5.68. The lowest BCUT2D eigenvalue weighted by Gasteiger charge is -2.00. The Hall–Kier alpha value is -1.15. The van der Waals surface area contributed by atoms with Gasteiger partial charge in [-0.25, -0.2) is 0 Å². The molecule has 0 radical (unpaired) electrons. The van der Waals surface area contributed by atoms with E-state index in [9.17, 15) is 0 Å². The second kappa shape index (κ2) is 3.54. The molecule has 3 heteroatoms. The standard InChI is InChI=1S/C11H11ClO2/c1-3-8-4-7-5-9(12)11(13-2)6-10(7)14-8/h4-6H,3H2,1-2H3. The summed E-state index contributed by atoms with van der Waals surface area (Å²) in [6.07, 6.45) is 0.884. The van der Waals surface area contributed by atoms with Gasteiger partial charge in [0.25, 0.3) is 0 Å². The van der Waals surface area contributed by atoms with E-state index in [1.807, 2.05) is 18.2 Å². The Bertz CT molecular complexity index is 460. The van der Waals surface area contributed by atoms with Gasteiger partial charge in [-0.1, -0.05) is 18.5 Å². The first-order valence-electron chi connectivity index (χ1n) is 4.50. The number of aryl methyl sites for hydroxylation is 1. The van der Waals surface area contributed by atoms with Crippen molar-refractivity contribution < 1.29 is 9.15 Å². The molecule has 74 valence electrons. The van der Waals surface area contributed by atoms with Gasteiger partial charge in [0.05, 0.1) is 12.1 Å². The molecule has 0 unspecified atom stereocenters. The summed E-state index contributed by atoms with van der Waals surface area (Å²) in [5, 5.41) is 1.64. The smallest absolute Gasteiger partial charge is 0.141 e. The van der Waals surface area contributed by atoms with Crippen LogP contribution in [0.4, 0.5) is 0 Å². The Morgan fingerprint density at radius 3 is 2.79 bits per heavy atom. The summed E-state index contributed by atoms with van der Waals surface area (Å²) in [6.45, 7) is 2.05. The summed E-state index contributed by atoms with van der Waals surface area (Å²) < 4.78 is 10.7. The van der Waals surface area contributed by atoms with Crippen molar-refractivity contribution in [3.05, 3.63) is 29.0 Å². The van der Waals surface area contributed by atoms with Crippen molar-refractivity contribution in [2.24, 2.45) is 0 Å². The fourth-order valence-electron chi connectivity index (χ4n) is 1.43. The van der Waals surface area contributed by atoms with E-state index >= 15 is 0 Å². The monoisotopic (exact) mass is 210 g/mol. The van der Waals surface area contributed by atoms with Crippen LogP contribution in [0.1, 0.15) is 12.7 Å². The highest BCUT2D eigenvalue weighted by atomic mass is 35.5. The number of methoxy groups -OCH3 is 1. The number of rotatable bonds is 2. The van der Waals surface area contributed by atoms with E-state index < -0.39 is 0 Å². The van der Waals surface area contributed by atoms with E-state index in [2.05, 4.69) is 6.92 Å². The maximum Gasteiger partial charge on any atom is 0.141 e.